The van der Waals surface area contributed by atoms with Gasteiger partial charge in [0.2, 0.25) is 0 Å². The van der Waals surface area contributed by atoms with E-state index in [2.05, 4.69) is 6.07 Å². The zero-order valence-corrected chi connectivity index (χ0v) is 10.4. The lowest BCUT2D eigenvalue weighted by Crippen LogP contribution is -2.02. The molecule has 0 aliphatic rings. The van der Waals surface area contributed by atoms with Gasteiger partial charge in [-0.3, -0.25) is 4.21 Å². The molecule has 2 N–H and O–H groups in total. The van der Waals surface area contributed by atoms with E-state index in [4.69, 9.17) is 22.6 Å². The molecule has 5 heteroatoms. The first-order valence-corrected chi connectivity index (χ1v) is 6.65. The van der Waals surface area contributed by atoms with Crippen molar-refractivity contribution in [1.29, 1.82) is 5.26 Å². The van der Waals surface area contributed by atoms with Crippen LogP contribution in [0, 0.1) is 11.3 Å². The van der Waals surface area contributed by atoms with Crippen molar-refractivity contribution >= 4 is 28.1 Å². The maximum absolute atomic E-state index is 11.8. The van der Waals surface area contributed by atoms with Crippen molar-refractivity contribution in [1.82, 2.24) is 0 Å². The van der Waals surface area contributed by atoms with E-state index in [0.717, 1.165) is 12.8 Å². The first kappa shape index (κ1) is 13.0. The zero-order valence-electron chi connectivity index (χ0n) is 8.78. The highest BCUT2D eigenvalue weighted by Crippen LogP contribution is 2.21. The van der Waals surface area contributed by atoms with Crippen molar-refractivity contribution in [2.24, 2.45) is 0 Å². The van der Waals surface area contributed by atoms with Crippen LogP contribution in [0.2, 0.25) is 5.02 Å². The number of nitriles is 1. The number of benzene rings is 1. The average Bonchev–Trinajstić information content (AvgIpc) is 2.24. The Morgan fingerprint density at radius 2 is 2.19 bits per heavy atom. The zero-order chi connectivity index (χ0) is 12.0. The molecule has 0 aromatic heterocycles. The normalized spacial score (nSPS) is 12.0. The number of halogens is 1. The molecule has 1 aromatic carbocycles. The first-order valence-electron chi connectivity index (χ1n) is 4.95. The Kier molecular flexibility index (Phi) is 5.30. The van der Waals surface area contributed by atoms with Crippen LogP contribution < -0.4 is 5.73 Å². The molecule has 0 amide bonds. The predicted octanol–water partition coefficient (Wildman–Crippen LogP) is 2.72. The summed E-state index contributed by atoms with van der Waals surface area (Å²) in [6.45, 7) is 0. The fraction of sp³-hybridized carbons (Fsp3) is 0.364. The lowest BCUT2D eigenvalue weighted by atomic mass is 10.3. The number of nitrogen functional groups attached to an aromatic ring is 1. The number of hydrogen-bond acceptors (Lipinski definition) is 3. The second-order valence-electron chi connectivity index (χ2n) is 3.35. The molecule has 16 heavy (non-hydrogen) atoms. The van der Waals surface area contributed by atoms with E-state index in [0.29, 0.717) is 27.8 Å². The summed E-state index contributed by atoms with van der Waals surface area (Å²) in [5.41, 5.74) is 6.19. The molecule has 0 bridgehead atoms. The number of nitrogens with zero attached hydrogens (tertiary/aromatic N) is 1. The Labute approximate surface area is 103 Å². The summed E-state index contributed by atoms with van der Waals surface area (Å²) in [7, 11) is -1.10. The topological polar surface area (TPSA) is 66.9 Å². The van der Waals surface area contributed by atoms with Crippen LogP contribution in [0.15, 0.2) is 23.1 Å². The molecule has 0 saturated carbocycles. The number of hydrogen-bond donors (Lipinski definition) is 1. The van der Waals surface area contributed by atoms with Crippen molar-refractivity contribution in [3.63, 3.8) is 0 Å². The molecule has 1 atom stereocenters. The number of rotatable bonds is 5. The Morgan fingerprint density at radius 1 is 1.44 bits per heavy atom. The molecule has 0 aliphatic carbocycles. The molecule has 0 radical (unpaired) electrons. The highest BCUT2D eigenvalue weighted by Gasteiger charge is 2.07. The van der Waals surface area contributed by atoms with Crippen LogP contribution in [0.5, 0.6) is 0 Å². The smallest absolute Gasteiger partial charge is 0.0621 e. The van der Waals surface area contributed by atoms with E-state index in [1.165, 1.54) is 0 Å². The van der Waals surface area contributed by atoms with E-state index in [9.17, 15) is 4.21 Å². The summed E-state index contributed by atoms with van der Waals surface area (Å²) in [6.07, 6.45) is 2.05. The van der Waals surface area contributed by atoms with Gasteiger partial charge in [0.05, 0.1) is 21.8 Å². The Morgan fingerprint density at radius 3 is 2.81 bits per heavy atom. The molecule has 1 aromatic rings. The van der Waals surface area contributed by atoms with Crippen LogP contribution in [-0.4, -0.2) is 9.96 Å². The van der Waals surface area contributed by atoms with Gasteiger partial charge in [0.1, 0.15) is 0 Å². The highest BCUT2D eigenvalue weighted by molar-refractivity contribution is 7.85. The van der Waals surface area contributed by atoms with Crippen molar-refractivity contribution in [3.05, 3.63) is 23.2 Å². The molecule has 1 rings (SSSR count). The third kappa shape index (κ3) is 3.84. The van der Waals surface area contributed by atoms with Crippen LogP contribution >= 0.6 is 11.6 Å². The third-order valence-corrected chi connectivity index (χ3v) is 3.84. The molecule has 1 unspecified atom stereocenters. The Balaban J connectivity index is 2.57. The molecule has 0 heterocycles. The van der Waals surface area contributed by atoms with Crippen LogP contribution in [0.3, 0.4) is 0 Å². The molecule has 86 valence electrons. The SMILES string of the molecule is N#CCCCCS(=O)c1ccc(Cl)cc1N. The van der Waals surface area contributed by atoms with Crippen molar-refractivity contribution < 1.29 is 4.21 Å². The summed E-state index contributed by atoms with van der Waals surface area (Å²) in [5.74, 6) is 0.535. The van der Waals surface area contributed by atoms with Gasteiger partial charge in [-0.15, -0.1) is 0 Å². The van der Waals surface area contributed by atoms with Gasteiger partial charge >= 0.3 is 0 Å². The molecule has 3 nitrogen and oxygen atoms in total. The quantitative estimate of drug-likeness (QED) is 0.651. The van der Waals surface area contributed by atoms with E-state index in [-0.39, 0.29) is 0 Å². The Hall–Kier alpha value is -1.05. The largest absolute Gasteiger partial charge is 0.398 e. The van der Waals surface area contributed by atoms with Crippen molar-refractivity contribution in [2.75, 3.05) is 11.5 Å². The average molecular weight is 257 g/mol. The van der Waals surface area contributed by atoms with Crippen molar-refractivity contribution in [3.8, 4) is 6.07 Å². The summed E-state index contributed by atoms with van der Waals surface area (Å²) in [4.78, 5) is 0.626. The fourth-order valence-electron chi connectivity index (χ4n) is 1.27. The summed E-state index contributed by atoms with van der Waals surface area (Å²) >= 11 is 5.75. The monoisotopic (exact) mass is 256 g/mol. The van der Waals surface area contributed by atoms with Gasteiger partial charge in [-0.2, -0.15) is 5.26 Å². The lowest BCUT2D eigenvalue weighted by Gasteiger charge is -2.05. The fourth-order valence-corrected chi connectivity index (χ4v) is 2.68. The third-order valence-electron chi connectivity index (χ3n) is 2.09. The maximum atomic E-state index is 11.8. The molecule has 0 fully saturated rings. The summed E-state index contributed by atoms with van der Waals surface area (Å²) < 4.78 is 11.8. The molecule has 0 spiro atoms. The lowest BCUT2D eigenvalue weighted by molar-refractivity contribution is 0.678. The summed E-state index contributed by atoms with van der Waals surface area (Å²) in [6, 6.07) is 7.03. The van der Waals surface area contributed by atoms with E-state index in [1.807, 2.05) is 0 Å². The van der Waals surface area contributed by atoms with E-state index < -0.39 is 10.8 Å². The van der Waals surface area contributed by atoms with Gasteiger partial charge in [0, 0.05) is 22.9 Å². The minimum absolute atomic E-state index is 0.464. The first-order chi connectivity index (χ1) is 7.65. The van der Waals surface area contributed by atoms with Gasteiger partial charge < -0.3 is 5.73 Å². The van der Waals surface area contributed by atoms with Gasteiger partial charge in [-0.05, 0) is 31.0 Å². The highest BCUT2D eigenvalue weighted by atomic mass is 35.5. The van der Waals surface area contributed by atoms with Gasteiger partial charge in [0.25, 0.3) is 0 Å². The minimum Gasteiger partial charge on any atom is -0.398 e. The number of anilines is 1. The number of nitrogens with two attached hydrogens (primary N) is 1. The van der Waals surface area contributed by atoms with Crippen molar-refractivity contribution in [2.45, 2.75) is 24.2 Å². The van der Waals surface area contributed by atoms with Crippen LogP contribution in [0.4, 0.5) is 5.69 Å². The van der Waals surface area contributed by atoms with Gasteiger partial charge in [0.15, 0.2) is 0 Å². The second-order valence-corrected chi connectivity index (χ2v) is 5.32. The van der Waals surface area contributed by atoms with Gasteiger partial charge in [-0.1, -0.05) is 11.6 Å². The van der Waals surface area contributed by atoms with Crippen LogP contribution in [0.25, 0.3) is 0 Å². The summed E-state index contributed by atoms with van der Waals surface area (Å²) in [5, 5.41) is 8.91. The van der Waals surface area contributed by atoms with E-state index >= 15 is 0 Å². The number of unbranched alkanes of at least 4 members (excludes halogenated alkanes) is 2. The minimum atomic E-state index is -1.10. The van der Waals surface area contributed by atoms with Crippen LogP contribution in [-0.2, 0) is 10.8 Å². The van der Waals surface area contributed by atoms with Gasteiger partial charge in [-0.25, -0.2) is 0 Å². The molecular weight excluding hydrogens is 244 g/mol. The molecule has 0 aliphatic heterocycles. The van der Waals surface area contributed by atoms with E-state index in [1.54, 1.807) is 18.2 Å². The maximum Gasteiger partial charge on any atom is 0.0621 e. The second kappa shape index (κ2) is 6.51. The molecule has 0 saturated heterocycles. The standard InChI is InChI=1S/C11H13ClN2OS/c12-9-4-5-11(10(14)8-9)16(15)7-3-1-2-6-13/h4-5,8H,1-3,7,14H2. The van der Waals surface area contributed by atoms with Crippen LogP contribution in [0.1, 0.15) is 19.3 Å². The predicted molar refractivity (Wildman–Crippen MR) is 66.6 cm³/mol. The Bertz CT molecular complexity index is 428. The molecular formula is C11H13ClN2OS.